The molecule has 0 bridgehead atoms. The third kappa shape index (κ3) is 3.94. The molecule has 5 heteroatoms. The van der Waals surface area contributed by atoms with Crippen LogP contribution in [-0.2, 0) is 6.54 Å². The molecule has 106 valence electrons. The molecule has 4 nitrogen and oxygen atoms in total. The predicted octanol–water partition coefficient (Wildman–Crippen LogP) is 2.66. The van der Waals surface area contributed by atoms with Gasteiger partial charge < -0.3 is 19.5 Å². The Morgan fingerprint density at radius 1 is 1.32 bits per heavy atom. The van der Waals surface area contributed by atoms with Gasteiger partial charge in [-0.2, -0.15) is 11.8 Å². The Kier molecular flexibility index (Phi) is 5.22. The molecule has 1 N–H and O–H groups in total. The van der Waals surface area contributed by atoms with Crippen LogP contribution in [0.5, 0.6) is 17.2 Å². The second-order valence-electron chi connectivity index (χ2n) is 4.69. The molecule has 0 fully saturated rings. The maximum atomic E-state index is 5.84. The van der Waals surface area contributed by atoms with Crippen LogP contribution < -0.4 is 19.5 Å². The average Bonchev–Trinajstić information content (AvgIpc) is 2.83. The Hall–Kier alpha value is -1.07. The summed E-state index contributed by atoms with van der Waals surface area (Å²) in [5, 5.41) is 3.40. The van der Waals surface area contributed by atoms with Crippen molar-refractivity contribution in [2.24, 2.45) is 0 Å². The summed E-state index contributed by atoms with van der Waals surface area (Å²) < 4.78 is 16.7. The lowest BCUT2D eigenvalue weighted by molar-refractivity contribution is 0.173. The number of fused-ring (bicyclic) bond motifs is 1. The molecule has 0 amide bonds. The molecular formula is C14H21NO3S. The van der Waals surface area contributed by atoms with Crippen molar-refractivity contribution in [1.29, 1.82) is 0 Å². The SMILES string of the molecule is CSCCOc1cc2c(cc1CNC(C)C)OCO2. The van der Waals surface area contributed by atoms with E-state index in [1.54, 1.807) is 11.8 Å². The lowest BCUT2D eigenvalue weighted by Gasteiger charge is -2.14. The third-order valence-corrected chi connectivity index (χ3v) is 3.38. The molecule has 1 aromatic carbocycles. The van der Waals surface area contributed by atoms with Gasteiger partial charge in [-0.25, -0.2) is 0 Å². The summed E-state index contributed by atoms with van der Waals surface area (Å²) in [5.74, 6) is 3.43. The lowest BCUT2D eigenvalue weighted by Crippen LogP contribution is -2.22. The first-order valence-electron chi connectivity index (χ1n) is 6.48. The second-order valence-corrected chi connectivity index (χ2v) is 5.68. The van der Waals surface area contributed by atoms with Gasteiger partial charge in [-0.3, -0.25) is 0 Å². The third-order valence-electron chi connectivity index (χ3n) is 2.80. The van der Waals surface area contributed by atoms with Crippen molar-refractivity contribution in [1.82, 2.24) is 5.32 Å². The number of thioether (sulfide) groups is 1. The predicted molar refractivity (Wildman–Crippen MR) is 78.4 cm³/mol. The fourth-order valence-corrected chi connectivity index (χ4v) is 2.04. The molecule has 0 aliphatic carbocycles. The molecule has 0 radical (unpaired) electrons. The van der Waals surface area contributed by atoms with Crippen molar-refractivity contribution in [3.8, 4) is 17.2 Å². The van der Waals surface area contributed by atoms with Crippen LogP contribution in [0.4, 0.5) is 0 Å². The van der Waals surface area contributed by atoms with Crippen molar-refractivity contribution in [2.75, 3.05) is 25.4 Å². The van der Waals surface area contributed by atoms with Crippen LogP contribution in [0.2, 0.25) is 0 Å². The Bertz CT molecular complexity index is 423. The van der Waals surface area contributed by atoms with Gasteiger partial charge in [-0.1, -0.05) is 13.8 Å². The highest BCUT2D eigenvalue weighted by atomic mass is 32.2. The summed E-state index contributed by atoms with van der Waals surface area (Å²) in [5.41, 5.74) is 1.11. The Balaban J connectivity index is 2.12. The molecule has 0 atom stereocenters. The first-order valence-corrected chi connectivity index (χ1v) is 7.87. The van der Waals surface area contributed by atoms with E-state index in [1.807, 2.05) is 12.1 Å². The zero-order chi connectivity index (χ0) is 13.7. The highest BCUT2D eigenvalue weighted by Gasteiger charge is 2.18. The van der Waals surface area contributed by atoms with Gasteiger partial charge in [0.25, 0.3) is 0 Å². The number of nitrogens with one attached hydrogen (secondary N) is 1. The largest absolute Gasteiger partial charge is 0.492 e. The van der Waals surface area contributed by atoms with Crippen molar-refractivity contribution in [2.45, 2.75) is 26.4 Å². The molecule has 19 heavy (non-hydrogen) atoms. The summed E-state index contributed by atoms with van der Waals surface area (Å²) in [7, 11) is 0. The molecule has 1 aromatic rings. The summed E-state index contributed by atoms with van der Waals surface area (Å²) >= 11 is 1.77. The van der Waals surface area contributed by atoms with E-state index in [-0.39, 0.29) is 0 Å². The van der Waals surface area contributed by atoms with Crippen LogP contribution in [0.1, 0.15) is 19.4 Å². The molecule has 0 unspecified atom stereocenters. The van der Waals surface area contributed by atoms with Crippen molar-refractivity contribution >= 4 is 11.8 Å². The van der Waals surface area contributed by atoms with Crippen molar-refractivity contribution in [3.63, 3.8) is 0 Å². The summed E-state index contributed by atoms with van der Waals surface area (Å²) in [6, 6.07) is 4.37. The van der Waals surface area contributed by atoms with Gasteiger partial charge in [0.2, 0.25) is 6.79 Å². The van der Waals surface area contributed by atoms with Gasteiger partial charge in [0.05, 0.1) is 6.61 Å². The van der Waals surface area contributed by atoms with E-state index < -0.39 is 0 Å². The van der Waals surface area contributed by atoms with E-state index in [0.717, 1.165) is 35.1 Å². The molecule has 1 heterocycles. The summed E-state index contributed by atoms with van der Waals surface area (Å²) in [4.78, 5) is 0. The average molecular weight is 283 g/mol. The van der Waals surface area contributed by atoms with E-state index >= 15 is 0 Å². The normalized spacial score (nSPS) is 13.1. The number of rotatable bonds is 7. The Labute approximate surface area is 118 Å². The van der Waals surface area contributed by atoms with Crippen LogP contribution in [-0.4, -0.2) is 31.5 Å². The second kappa shape index (κ2) is 6.91. The fraction of sp³-hybridized carbons (Fsp3) is 0.571. The molecule has 0 aromatic heterocycles. The number of hydrogen-bond acceptors (Lipinski definition) is 5. The molecule has 1 aliphatic rings. The van der Waals surface area contributed by atoms with Crippen LogP contribution in [0, 0.1) is 0 Å². The maximum absolute atomic E-state index is 5.84. The van der Waals surface area contributed by atoms with Gasteiger partial charge >= 0.3 is 0 Å². The van der Waals surface area contributed by atoms with Gasteiger partial charge in [0, 0.05) is 30.0 Å². The Morgan fingerprint density at radius 2 is 2.05 bits per heavy atom. The Morgan fingerprint density at radius 3 is 2.74 bits per heavy atom. The van der Waals surface area contributed by atoms with Crippen molar-refractivity contribution < 1.29 is 14.2 Å². The summed E-state index contributed by atoms with van der Waals surface area (Å²) in [6.45, 7) is 6.02. The smallest absolute Gasteiger partial charge is 0.231 e. The van der Waals surface area contributed by atoms with E-state index in [4.69, 9.17) is 14.2 Å². The molecule has 2 rings (SSSR count). The highest BCUT2D eigenvalue weighted by Crippen LogP contribution is 2.38. The van der Waals surface area contributed by atoms with E-state index in [9.17, 15) is 0 Å². The minimum absolute atomic E-state index is 0.292. The first-order chi connectivity index (χ1) is 9.20. The van der Waals surface area contributed by atoms with E-state index in [2.05, 4.69) is 25.4 Å². The first kappa shape index (κ1) is 14.3. The monoisotopic (exact) mass is 283 g/mol. The number of benzene rings is 1. The number of ether oxygens (including phenoxy) is 3. The molecule has 0 spiro atoms. The quantitative estimate of drug-likeness (QED) is 0.779. The number of hydrogen-bond donors (Lipinski definition) is 1. The zero-order valence-electron chi connectivity index (χ0n) is 11.7. The lowest BCUT2D eigenvalue weighted by atomic mass is 10.1. The van der Waals surface area contributed by atoms with Gasteiger partial charge in [-0.15, -0.1) is 0 Å². The minimum Gasteiger partial charge on any atom is -0.492 e. The van der Waals surface area contributed by atoms with Crippen LogP contribution in [0.3, 0.4) is 0 Å². The van der Waals surface area contributed by atoms with Gasteiger partial charge in [0.15, 0.2) is 11.5 Å². The van der Waals surface area contributed by atoms with Crippen LogP contribution in [0.15, 0.2) is 12.1 Å². The topological polar surface area (TPSA) is 39.7 Å². The summed E-state index contributed by atoms with van der Waals surface area (Å²) in [6.07, 6.45) is 2.07. The highest BCUT2D eigenvalue weighted by molar-refractivity contribution is 7.98. The van der Waals surface area contributed by atoms with Gasteiger partial charge in [-0.05, 0) is 12.3 Å². The molecular weight excluding hydrogens is 262 g/mol. The fourth-order valence-electron chi connectivity index (χ4n) is 1.79. The van der Waals surface area contributed by atoms with E-state index in [1.165, 1.54) is 0 Å². The molecule has 0 saturated heterocycles. The maximum Gasteiger partial charge on any atom is 0.231 e. The van der Waals surface area contributed by atoms with E-state index in [0.29, 0.717) is 19.4 Å². The standard InChI is InChI=1S/C14H21NO3S/c1-10(2)15-8-11-6-13-14(18-9-17-13)7-12(11)16-4-5-19-3/h6-7,10,15H,4-5,8-9H2,1-3H3. The van der Waals surface area contributed by atoms with Crippen molar-refractivity contribution in [3.05, 3.63) is 17.7 Å². The molecule has 0 saturated carbocycles. The minimum atomic E-state index is 0.292. The van der Waals surface area contributed by atoms with Crippen LogP contribution in [0.25, 0.3) is 0 Å². The van der Waals surface area contributed by atoms with Crippen LogP contribution >= 0.6 is 11.8 Å². The molecule has 1 aliphatic heterocycles. The van der Waals surface area contributed by atoms with Gasteiger partial charge in [0.1, 0.15) is 5.75 Å². The zero-order valence-corrected chi connectivity index (χ0v) is 12.5.